The quantitative estimate of drug-likeness (QED) is 0.273. The number of aromatic nitrogens is 5. The van der Waals surface area contributed by atoms with E-state index in [9.17, 15) is 13.2 Å². The number of carbonyl (C=O) groups excluding carboxylic acids is 1. The van der Waals surface area contributed by atoms with Crippen molar-refractivity contribution in [1.29, 1.82) is 0 Å². The summed E-state index contributed by atoms with van der Waals surface area (Å²) < 4.78 is 34.6. The lowest BCUT2D eigenvalue weighted by molar-refractivity contribution is 0.103. The highest BCUT2D eigenvalue weighted by atomic mass is 32.2. The van der Waals surface area contributed by atoms with Crippen molar-refractivity contribution in [3.05, 3.63) is 88.1 Å². The minimum absolute atomic E-state index is 0.00468. The number of ketones is 1. The van der Waals surface area contributed by atoms with Crippen LogP contribution < -0.4 is 4.18 Å². The van der Waals surface area contributed by atoms with Crippen LogP contribution in [0.15, 0.2) is 53.7 Å². The zero-order valence-corrected chi connectivity index (χ0v) is 21.1. The molecule has 0 bridgehead atoms. The van der Waals surface area contributed by atoms with Crippen molar-refractivity contribution in [2.24, 2.45) is 7.05 Å². The highest BCUT2D eigenvalue weighted by Gasteiger charge is 2.28. The van der Waals surface area contributed by atoms with E-state index in [1.165, 1.54) is 23.0 Å². The van der Waals surface area contributed by atoms with E-state index in [2.05, 4.69) is 15.2 Å². The lowest BCUT2D eigenvalue weighted by atomic mass is 9.99. The molecular weight excluding hydrogens is 466 g/mol. The molecule has 0 aliphatic carbocycles. The van der Waals surface area contributed by atoms with E-state index in [-0.39, 0.29) is 16.3 Å². The maximum atomic E-state index is 13.7. The second-order valence-corrected chi connectivity index (χ2v) is 9.85. The van der Waals surface area contributed by atoms with Crippen LogP contribution in [0, 0.1) is 20.8 Å². The van der Waals surface area contributed by atoms with Gasteiger partial charge >= 0.3 is 10.1 Å². The molecule has 0 radical (unpaired) electrons. The smallest absolute Gasteiger partial charge is 0.340 e. The Balaban J connectivity index is 1.73. The first-order valence-corrected chi connectivity index (χ1v) is 12.6. The van der Waals surface area contributed by atoms with Crippen LogP contribution in [0.1, 0.15) is 51.1 Å². The van der Waals surface area contributed by atoms with E-state index < -0.39 is 15.9 Å². The summed E-state index contributed by atoms with van der Waals surface area (Å²) in [5.41, 5.74) is 4.72. The first kappa shape index (κ1) is 24.3. The fraction of sp³-hybridized carbons (Fsp3) is 0.280. The highest BCUT2D eigenvalue weighted by molar-refractivity contribution is 7.87. The molecule has 9 nitrogen and oxygen atoms in total. The minimum atomic E-state index is -4.18. The van der Waals surface area contributed by atoms with Gasteiger partial charge in [0.2, 0.25) is 11.7 Å². The molecule has 4 aromatic rings. The molecule has 0 aliphatic heterocycles. The molecule has 3 aromatic heterocycles. The van der Waals surface area contributed by atoms with Gasteiger partial charge in [-0.15, -0.1) is 0 Å². The van der Waals surface area contributed by atoms with Crippen LogP contribution in [-0.4, -0.2) is 38.7 Å². The Labute approximate surface area is 204 Å². The standard InChI is InChI=1S/C25H27N5O4S/c1-6-30-25(34-35(32,33)19-11-9-16(2)10-12-19)22(15-27-30)24(31)20-8-7-13-26-23(20)14-21-17(3)28-29(5)18(21)4/h7-13,15H,6,14H2,1-5H3. The Bertz CT molecular complexity index is 1500. The Hall–Kier alpha value is -3.79. The van der Waals surface area contributed by atoms with Crippen molar-refractivity contribution in [2.45, 2.75) is 45.6 Å². The fourth-order valence-corrected chi connectivity index (χ4v) is 4.82. The summed E-state index contributed by atoms with van der Waals surface area (Å²) >= 11 is 0. The first-order valence-electron chi connectivity index (χ1n) is 11.2. The average molecular weight is 494 g/mol. The molecular formula is C25H27N5O4S. The highest BCUT2D eigenvalue weighted by Crippen LogP contribution is 2.28. The molecule has 0 N–H and O–H groups in total. The molecule has 0 spiro atoms. The largest absolute Gasteiger partial charge is 0.358 e. The molecule has 0 saturated carbocycles. The van der Waals surface area contributed by atoms with Crippen molar-refractivity contribution in [3.63, 3.8) is 0 Å². The number of pyridine rings is 1. The molecule has 0 amide bonds. The van der Waals surface area contributed by atoms with Gasteiger partial charge in [-0.05, 0) is 52.0 Å². The van der Waals surface area contributed by atoms with Crippen LogP contribution in [0.4, 0.5) is 0 Å². The second kappa shape index (κ2) is 9.46. The number of nitrogens with zero attached hydrogens (tertiary/aromatic N) is 5. The number of rotatable bonds is 8. The van der Waals surface area contributed by atoms with Crippen molar-refractivity contribution in [3.8, 4) is 5.88 Å². The molecule has 0 unspecified atom stereocenters. The zero-order chi connectivity index (χ0) is 25.3. The summed E-state index contributed by atoms with van der Waals surface area (Å²) in [6, 6.07) is 9.65. The van der Waals surface area contributed by atoms with Gasteiger partial charge in [0.15, 0.2) is 0 Å². The van der Waals surface area contributed by atoms with E-state index in [0.717, 1.165) is 22.5 Å². The molecule has 0 fully saturated rings. The second-order valence-electron chi connectivity index (χ2n) is 8.31. The van der Waals surface area contributed by atoms with Gasteiger partial charge in [0.05, 0.1) is 17.6 Å². The number of hydrogen-bond donors (Lipinski definition) is 0. The van der Waals surface area contributed by atoms with Crippen LogP contribution in [-0.2, 0) is 30.1 Å². The normalized spacial score (nSPS) is 11.6. The predicted octanol–water partition coefficient (Wildman–Crippen LogP) is 3.55. The van der Waals surface area contributed by atoms with Gasteiger partial charge in [0.25, 0.3) is 0 Å². The Morgan fingerprint density at radius 1 is 1.06 bits per heavy atom. The van der Waals surface area contributed by atoms with Gasteiger partial charge in [-0.25, -0.2) is 4.68 Å². The maximum Gasteiger partial charge on any atom is 0.340 e. The molecule has 35 heavy (non-hydrogen) atoms. The number of benzene rings is 1. The molecule has 3 heterocycles. The molecule has 0 aliphatic rings. The Kier molecular flexibility index (Phi) is 6.58. The molecule has 4 rings (SSSR count). The summed E-state index contributed by atoms with van der Waals surface area (Å²) in [4.78, 5) is 18.1. The number of carbonyl (C=O) groups is 1. The Morgan fingerprint density at radius 3 is 2.40 bits per heavy atom. The molecule has 0 atom stereocenters. The number of aryl methyl sites for hydroxylation is 4. The third kappa shape index (κ3) is 4.74. The van der Waals surface area contributed by atoms with Crippen molar-refractivity contribution >= 4 is 15.9 Å². The van der Waals surface area contributed by atoms with E-state index in [1.807, 2.05) is 27.8 Å². The summed E-state index contributed by atoms with van der Waals surface area (Å²) in [6.07, 6.45) is 3.37. The minimum Gasteiger partial charge on any atom is -0.358 e. The maximum absolute atomic E-state index is 13.7. The number of hydrogen-bond acceptors (Lipinski definition) is 7. The van der Waals surface area contributed by atoms with Crippen LogP contribution in [0.2, 0.25) is 0 Å². The summed E-state index contributed by atoms with van der Waals surface area (Å²) in [7, 11) is -2.31. The Morgan fingerprint density at radius 2 is 1.77 bits per heavy atom. The van der Waals surface area contributed by atoms with Gasteiger partial charge in [-0.2, -0.15) is 18.6 Å². The van der Waals surface area contributed by atoms with Gasteiger partial charge in [-0.3, -0.25) is 14.5 Å². The van der Waals surface area contributed by atoms with Crippen molar-refractivity contribution in [1.82, 2.24) is 24.5 Å². The lowest BCUT2D eigenvalue weighted by Crippen LogP contribution is -2.16. The third-order valence-corrected chi connectivity index (χ3v) is 7.20. The molecule has 182 valence electrons. The lowest BCUT2D eigenvalue weighted by Gasteiger charge is -2.12. The molecule has 1 aromatic carbocycles. The van der Waals surface area contributed by atoms with E-state index >= 15 is 0 Å². The van der Waals surface area contributed by atoms with Crippen molar-refractivity contribution < 1.29 is 17.4 Å². The van der Waals surface area contributed by atoms with Crippen LogP contribution in [0.3, 0.4) is 0 Å². The third-order valence-electron chi connectivity index (χ3n) is 5.97. The summed E-state index contributed by atoms with van der Waals surface area (Å²) in [5, 5.41) is 8.64. The van der Waals surface area contributed by atoms with Crippen LogP contribution >= 0.6 is 0 Å². The van der Waals surface area contributed by atoms with Gasteiger partial charge < -0.3 is 4.18 Å². The summed E-state index contributed by atoms with van der Waals surface area (Å²) in [5.74, 6) is -0.539. The van der Waals surface area contributed by atoms with Crippen molar-refractivity contribution in [2.75, 3.05) is 0 Å². The first-order chi connectivity index (χ1) is 16.6. The summed E-state index contributed by atoms with van der Waals surface area (Å²) in [6.45, 7) is 7.85. The average Bonchev–Trinajstić information content (AvgIpc) is 3.33. The van der Waals surface area contributed by atoms with E-state index in [1.54, 1.807) is 42.1 Å². The van der Waals surface area contributed by atoms with Gasteiger partial charge in [0, 0.05) is 43.0 Å². The van der Waals surface area contributed by atoms with Crippen LogP contribution in [0.25, 0.3) is 0 Å². The fourth-order valence-electron chi connectivity index (χ4n) is 3.87. The monoisotopic (exact) mass is 493 g/mol. The SMILES string of the molecule is CCn1ncc(C(=O)c2cccnc2Cc2c(C)nn(C)c2C)c1OS(=O)(=O)c1ccc(C)cc1. The van der Waals surface area contributed by atoms with E-state index in [4.69, 9.17) is 4.18 Å². The van der Waals surface area contributed by atoms with Gasteiger partial charge in [-0.1, -0.05) is 17.7 Å². The predicted molar refractivity (Wildman–Crippen MR) is 130 cm³/mol. The van der Waals surface area contributed by atoms with Crippen LogP contribution in [0.5, 0.6) is 5.88 Å². The van der Waals surface area contributed by atoms with E-state index in [0.29, 0.717) is 24.2 Å². The topological polar surface area (TPSA) is 109 Å². The zero-order valence-electron chi connectivity index (χ0n) is 20.3. The molecule has 10 heteroatoms. The molecule has 0 saturated heterocycles. The van der Waals surface area contributed by atoms with Gasteiger partial charge in [0.1, 0.15) is 10.5 Å².